The van der Waals surface area contributed by atoms with Crippen LogP contribution in [-0.4, -0.2) is 37.5 Å². The molecular formula is C12H26N2O. The minimum absolute atomic E-state index is 0.0614. The summed E-state index contributed by atoms with van der Waals surface area (Å²) in [6, 6.07) is 0. The summed E-state index contributed by atoms with van der Waals surface area (Å²) in [5, 5.41) is 2.81. The first-order valence-electron chi connectivity index (χ1n) is 6.09. The number of unbranched alkanes of at least 4 members (excludes halogenated alkanes) is 4. The molecule has 0 aromatic rings. The molecule has 0 aromatic heterocycles. The highest BCUT2D eigenvalue weighted by Gasteiger charge is 1.98. The van der Waals surface area contributed by atoms with Crippen molar-refractivity contribution >= 4 is 5.91 Å². The van der Waals surface area contributed by atoms with Gasteiger partial charge in [-0.25, -0.2) is 0 Å². The van der Waals surface area contributed by atoms with Crippen molar-refractivity contribution in [2.24, 2.45) is 0 Å². The molecular weight excluding hydrogens is 188 g/mol. The molecule has 0 aliphatic rings. The summed E-state index contributed by atoms with van der Waals surface area (Å²) < 4.78 is 0. The van der Waals surface area contributed by atoms with Crippen LogP contribution in [0.4, 0.5) is 0 Å². The van der Waals surface area contributed by atoms with Crippen LogP contribution in [0.25, 0.3) is 0 Å². The van der Waals surface area contributed by atoms with Crippen LogP contribution in [0.5, 0.6) is 0 Å². The van der Waals surface area contributed by atoms with E-state index in [1.165, 1.54) is 32.1 Å². The number of rotatable bonds is 9. The largest absolute Gasteiger partial charge is 0.355 e. The van der Waals surface area contributed by atoms with E-state index in [-0.39, 0.29) is 5.91 Å². The molecule has 0 fully saturated rings. The molecule has 1 N–H and O–H groups in total. The van der Waals surface area contributed by atoms with Crippen LogP contribution >= 0.6 is 0 Å². The van der Waals surface area contributed by atoms with Gasteiger partial charge in [0.15, 0.2) is 0 Å². The second-order valence-corrected chi connectivity index (χ2v) is 4.20. The zero-order valence-corrected chi connectivity index (χ0v) is 10.5. The average Bonchev–Trinajstić information content (AvgIpc) is 2.17. The quantitative estimate of drug-likeness (QED) is 0.596. The van der Waals surface area contributed by atoms with Crippen LogP contribution in [0.15, 0.2) is 0 Å². The molecule has 3 heteroatoms. The van der Waals surface area contributed by atoms with E-state index in [1.807, 2.05) is 0 Å². The molecule has 0 aromatic carbocycles. The van der Waals surface area contributed by atoms with Gasteiger partial charge in [0, 0.05) is 20.0 Å². The molecule has 1 amide bonds. The smallest absolute Gasteiger partial charge is 0.216 e. The van der Waals surface area contributed by atoms with E-state index in [0.29, 0.717) is 0 Å². The van der Waals surface area contributed by atoms with Gasteiger partial charge in [-0.15, -0.1) is 0 Å². The van der Waals surface area contributed by atoms with Crippen molar-refractivity contribution in [2.45, 2.75) is 46.0 Å². The predicted octanol–water partition coefficient (Wildman–Crippen LogP) is 2.02. The third-order valence-electron chi connectivity index (χ3n) is 2.51. The first kappa shape index (κ1) is 14.4. The van der Waals surface area contributed by atoms with Crippen LogP contribution < -0.4 is 5.32 Å². The van der Waals surface area contributed by atoms with E-state index in [4.69, 9.17) is 0 Å². The maximum absolute atomic E-state index is 10.6. The Morgan fingerprint density at radius 2 is 1.80 bits per heavy atom. The molecule has 0 unspecified atom stereocenters. The van der Waals surface area contributed by atoms with Crippen molar-refractivity contribution in [3.05, 3.63) is 0 Å². The van der Waals surface area contributed by atoms with Crippen LogP contribution in [0.3, 0.4) is 0 Å². The fourth-order valence-corrected chi connectivity index (χ4v) is 1.52. The monoisotopic (exact) mass is 214 g/mol. The molecule has 0 heterocycles. The van der Waals surface area contributed by atoms with E-state index < -0.39 is 0 Å². The van der Waals surface area contributed by atoms with E-state index in [9.17, 15) is 4.79 Å². The number of nitrogens with one attached hydrogen (secondary N) is 1. The van der Waals surface area contributed by atoms with Crippen LogP contribution in [-0.2, 0) is 4.79 Å². The molecule has 3 nitrogen and oxygen atoms in total. The highest BCUT2D eigenvalue weighted by atomic mass is 16.1. The van der Waals surface area contributed by atoms with E-state index in [0.717, 1.165) is 19.6 Å². The van der Waals surface area contributed by atoms with E-state index >= 15 is 0 Å². The molecule has 0 saturated carbocycles. The van der Waals surface area contributed by atoms with Crippen molar-refractivity contribution in [3.8, 4) is 0 Å². The van der Waals surface area contributed by atoms with E-state index in [2.05, 4.69) is 24.2 Å². The maximum Gasteiger partial charge on any atom is 0.216 e. The minimum Gasteiger partial charge on any atom is -0.355 e. The van der Waals surface area contributed by atoms with Crippen LogP contribution in [0.2, 0.25) is 0 Å². The van der Waals surface area contributed by atoms with Crippen molar-refractivity contribution in [1.29, 1.82) is 0 Å². The van der Waals surface area contributed by atoms with Gasteiger partial charge in [0.2, 0.25) is 5.91 Å². The predicted molar refractivity (Wildman–Crippen MR) is 64.9 cm³/mol. The van der Waals surface area contributed by atoms with Gasteiger partial charge >= 0.3 is 0 Å². The van der Waals surface area contributed by atoms with Crippen molar-refractivity contribution < 1.29 is 4.79 Å². The number of carbonyl (C=O) groups excluding carboxylic acids is 1. The molecule has 0 radical (unpaired) electrons. The number of amides is 1. The Hall–Kier alpha value is -0.570. The van der Waals surface area contributed by atoms with Gasteiger partial charge in [-0.2, -0.15) is 0 Å². The SMILES string of the molecule is CCCCCCCN(C)CCNC(C)=O. The zero-order chi connectivity index (χ0) is 11.5. The molecule has 0 saturated heterocycles. The van der Waals surface area contributed by atoms with Gasteiger partial charge in [-0.1, -0.05) is 32.6 Å². The van der Waals surface area contributed by atoms with Gasteiger partial charge in [0.25, 0.3) is 0 Å². The fourth-order valence-electron chi connectivity index (χ4n) is 1.52. The molecule has 0 bridgehead atoms. The number of hydrogen-bond donors (Lipinski definition) is 1. The topological polar surface area (TPSA) is 32.3 Å². The summed E-state index contributed by atoms with van der Waals surface area (Å²) in [5.41, 5.74) is 0. The summed E-state index contributed by atoms with van der Waals surface area (Å²) in [7, 11) is 2.11. The second kappa shape index (κ2) is 9.97. The zero-order valence-electron chi connectivity index (χ0n) is 10.5. The Kier molecular flexibility index (Phi) is 9.59. The van der Waals surface area contributed by atoms with Crippen molar-refractivity contribution in [2.75, 3.05) is 26.7 Å². The molecule has 0 atom stereocenters. The van der Waals surface area contributed by atoms with E-state index in [1.54, 1.807) is 6.92 Å². The lowest BCUT2D eigenvalue weighted by atomic mass is 10.1. The number of likely N-dealkylation sites (N-methyl/N-ethyl adjacent to an activating group) is 1. The van der Waals surface area contributed by atoms with Crippen LogP contribution in [0, 0.1) is 0 Å². The molecule has 0 aliphatic heterocycles. The van der Waals surface area contributed by atoms with Crippen molar-refractivity contribution in [3.63, 3.8) is 0 Å². The third kappa shape index (κ3) is 11.4. The number of nitrogens with zero attached hydrogens (tertiary/aromatic N) is 1. The Morgan fingerprint density at radius 1 is 1.13 bits per heavy atom. The summed E-state index contributed by atoms with van der Waals surface area (Å²) in [6.07, 6.45) is 6.62. The van der Waals surface area contributed by atoms with Crippen molar-refractivity contribution in [1.82, 2.24) is 10.2 Å². The highest BCUT2D eigenvalue weighted by molar-refractivity contribution is 5.72. The summed E-state index contributed by atoms with van der Waals surface area (Å²) in [6.45, 7) is 6.65. The first-order valence-corrected chi connectivity index (χ1v) is 6.09. The molecule has 15 heavy (non-hydrogen) atoms. The Balaban J connectivity index is 3.18. The third-order valence-corrected chi connectivity index (χ3v) is 2.51. The molecule has 0 rings (SSSR count). The summed E-state index contributed by atoms with van der Waals surface area (Å²) >= 11 is 0. The maximum atomic E-state index is 10.6. The Labute approximate surface area is 94.2 Å². The lowest BCUT2D eigenvalue weighted by Crippen LogP contribution is -2.32. The Bertz CT molecular complexity index is 160. The minimum atomic E-state index is 0.0614. The lowest BCUT2D eigenvalue weighted by molar-refractivity contribution is -0.119. The summed E-state index contributed by atoms with van der Waals surface area (Å²) in [4.78, 5) is 12.9. The number of hydrogen-bond acceptors (Lipinski definition) is 2. The van der Waals surface area contributed by atoms with Gasteiger partial charge in [-0.3, -0.25) is 4.79 Å². The van der Waals surface area contributed by atoms with Gasteiger partial charge < -0.3 is 10.2 Å². The summed E-state index contributed by atoms with van der Waals surface area (Å²) in [5.74, 6) is 0.0614. The standard InChI is InChI=1S/C12H26N2O/c1-4-5-6-7-8-10-14(3)11-9-13-12(2)15/h4-11H2,1-3H3,(H,13,15). The van der Waals surface area contributed by atoms with Gasteiger partial charge in [0.05, 0.1) is 0 Å². The first-order chi connectivity index (χ1) is 7.16. The van der Waals surface area contributed by atoms with Gasteiger partial charge in [-0.05, 0) is 20.0 Å². The Morgan fingerprint density at radius 3 is 2.40 bits per heavy atom. The normalized spacial score (nSPS) is 10.7. The van der Waals surface area contributed by atoms with Crippen LogP contribution in [0.1, 0.15) is 46.0 Å². The molecule has 90 valence electrons. The highest BCUT2D eigenvalue weighted by Crippen LogP contribution is 2.02. The lowest BCUT2D eigenvalue weighted by Gasteiger charge is -2.16. The molecule has 0 aliphatic carbocycles. The second-order valence-electron chi connectivity index (χ2n) is 4.20. The van der Waals surface area contributed by atoms with Gasteiger partial charge in [0.1, 0.15) is 0 Å². The average molecular weight is 214 g/mol. The molecule has 0 spiro atoms. The fraction of sp³-hybridized carbons (Fsp3) is 0.917. The number of carbonyl (C=O) groups is 1.